The predicted octanol–water partition coefficient (Wildman–Crippen LogP) is 9.55. The zero-order valence-corrected chi connectivity index (χ0v) is 29.6. The molecule has 1 fully saturated rings. The van der Waals surface area contributed by atoms with Crippen LogP contribution in [0.2, 0.25) is 0 Å². The lowest BCUT2D eigenvalue weighted by Crippen LogP contribution is -2.47. The highest BCUT2D eigenvalue weighted by atomic mass is 32.2. The first-order valence-corrected chi connectivity index (χ1v) is 19.2. The first kappa shape index (κ1) is 37.6. The Hall–Kier alpha value is -3.70. The van der Waals surface area contributed by atoms with E-state index in [0.717, 1.165) is 24.0 Å². The lowest BCUT2D eigenvalue weighted by atomic mass is 9.83. The molecule has 2 aliphatic rings. The molecule has 0 unspecified atom stereocenters. The van der Waals surface area contributed by atoms with Gasteiger partial charge in [-0.05, 0) is 83.6 Å². The van der Waals surface area contributed by atoms with Gasteiger partial charge in [-0.2, -0.15) is 13.2 Å². The molecule has 2 heterocycles. The molecule has 272 valence electrons. The van der Waals surface area contributed by atoms with Crippen molar-refractivity contribution in [2.45, 2.75) is 101 Å². The van der Waals surface area contributed by atoms with Crippen molar-refractivity contribution < 1.29 is 40.9 Å². The average molecular weight is 716 g/mol. The van der Waals surface area contributed by atoms with E-state index >= 15 is 0 Å². The van der Waals surface area contributed by atoms with E-state index in [1.807, 2.05) is 24.3 Å². The maximum absolute atomic E-state index is 14.2. The van der Waals surface area contributed by atoms with Crippen molar-refractivity contribution >= 4 is 26.9 Å². The average Bonchev–Trinajstić information content (AvgIpc) is 3.70. The number of phenolic OH excluding ortho intramolecular Hbond substituents is 1. The van der Waals surface area contributed by atoms with Crippen LogP contribution in [0.5, 0.6) is 17.2 Å². The van der Waals surface area contributed by atoms with Gasteiger partial charge in [0.1, 0.15) is 35.1 Å². The minimum Gasteiger partial charge on any atom is -0.508 e. The summed E-state index contributed by atoms with van der Waals surface area (Å²) >= 11 is 0. The molecule has 0 spiro atoms. The Bertz CT molecular complexity index is 1660. The number of methoxy groups -OCH3 is 1. The molecule has 0 aliphatic carbocycles. The van der Waals surface area contributed by atoms with Crippen molar-refractivity contribution in [3.8, 4) is 17.2 Å². The van der Waals surface area contributed by atoms with Gasteiger partial charge >= 0.3 is 6.18 Å². The van der Waals surface area contributed by atoms with Crippen molar-refractivity contribution in [3.05, 3.63) is 83.9 Å². The second kappa shape index (κ2) is 17.0. The largest absolute Gasteiger partial charge is 0.508 e. The highest BCUT2D eigenvalue weighted by molar-refractivity contribution is 7.93. The Morgan fingerprint density at radius 2 is 1.32 bits per heavy atom. The Morgan fingerprint density at radius 3 is 1.90 bits per heavy atom. The van der Waals surface area contributed by atoms with Gasteiger partial charge in [0.2, 0.25) is 10.0 Å². The van der Waals surface area contributed by atoms with Crippen molar-refractivity contribution in [2.75, 3.05) is 24.6 Å². The summed E-state index contributed by atoms with van der Waals surface area (Å²) in [6.45, 7) is 1.14. The summed E-state index contributed by atoms with van der Waals surface area (Å²) in [6, 6.07) is 19.4. The minimum atomic E-state index is -4.79. The summed E-state index contributed by atoms with van der Waals surface area (Å²) in [5.41, 5.74) is 2.68. The van der Waals surface area contributed by atoms with Gasteiger partial charge < -0.3 is 19.3 Å². The summed E-state index contributed by atoms with van der Waals surface area (Å²) in [7, 11) is -3.16. The van der Waals surface area contributed by atoms with Gasteiger partial charge in [0.25, 0.3) is 0 Å². The van der Waals surface area contributed by atoms with Gasteiger partial charge in [-0.3, -0.25) is 4.31 Å². The maximum Gasteiger partial charge on any atom is 0.407 e. The maximum atomic E-state index is 14.2. The summed E-state index contributed by atoms with van der Waals surface area (Å²) in [4.78, 5) is 0. The quantitative estimate of drug-likeness (QED) is 0.125. The van der Waals surface area contributed by atoms with Gasteiger partial charge in [-0.15, -0.1) is 0 Å². The number of hydrogen-bond acceptors (Lipinski definition) is 6. The monoisotopic (exact) mass is 715 g/mol. The second-order valence-electron chi connectivity index (χ2n) is 13.1. The van der Waals surface area contributed by atoms with Crippen LogP contribution in [0.25, 0.3) is 11.1 Å². The SMILES string of the molecule is CCCCCCCCCCCCOc1ccc(C2=C(c3ccc(O)cc3)[C@H]3C[C@H](S(=O)(=O)N(CC(F)(F)F)c4ccc(OC)cc4)[C@@H]2O3)cc1. The van der Waals surface area contributed by atoms with Gasteiger partial charge in [0.05, 0.1) is 25.5 Å². The van der Waals surface area contributed by atoms with Crippen molar-refractivity contribution in [1.29, 1.82) is 0 Å². The summed E-state index contributed by atoms with van der Waals surface area (Å²) in [6.07, 6.45) is 5.83. The van der Waals surface area contributed by atoms with E-state index < -0.39 is 40.2 Å². The van der Waals surface area contributed by atoms with Crippen molar-refractivity contribution in [1.82, 2.24) is 0 Å². The molecule has 1 saturated heterocycles. The molecular formula is C39H48F3NO6S. The third kappa shape index (κ3) is 9.34. The highest BCUT2D eigenvalue weighted by Crippen LogP contribution is 2.51. The number of aromatic hydroxyl groups is 1. The normalized spacial score (nSPS) is 18.9. The molecule has 0 aromatic heterocycles. The highest BCUT2D eigenvalue weighted by Gasteiger charge is 2.55. The molecule has 0 amide bonds. The van der Waals surface area contributed by atoms with E-state index in [0.29, 0.717) is 33.5 Å². The summed E-state index contributed by atoms with van der Waals surface area (Å²) in [5.74, 6) is 1.15. The molecular weight excluding hydrogens is 667 g/mol. The van der Waals surface area contributed by atoms with Crippen LogP contribution in [-0.2, 0) is 14.8 Å². The molecule has 50 heavy (non-hydrogen) atoms. The third-order valence-electron chi connectivity index (χ3n) is 9.47. The number of sulfonamides is 1. The third-order valence-corrected chi connectivity index (χ3v) is 11.6. The molecule has 7 nitrogen and oxygen atoms in total. The van der Waals surface area contributed by atoms with Gasteiger partial charge in [-0.1, -0.05) is 89.0 Å². The Morgan fingerprint density at radius 1 is 0.780 bits per heavy atom. The number of ether oxygens (including phenoxy) is 3. The van der Waals surface area contributed by atoms with Gasteiger partial charge in [0, 0.05) is 0 Å². The number of phenols is 1. The van der Waals surface area contributed by atoms with E-state index in [-0.39, 0.29) is 17.9 Å². The number of hydrogen-bond donors (Lipinski definition) is 1. The smallest absolute Gasteiger partial charge is 0.407 e. The second-order valence-corrected chi connectivity index (χ2v) is 15.2. The van der Waals surface area contributed by atoms with Crippen LogP contribution >= 0.6 is 0 Å². The molecule has 1 N–H and O–H groups in total. The zero-order chi connectivity index (χ0) is 35.7. The molecule has 5 rings (SSSR count). The molecule has 2 aliphatic heterocycles. The van der Waals surface area contributed by atoms with Crippen LogP contribution in [0.3, 0.4) is 0 Å². The summed E-state index contributed by atoms with van der Waals surface area (Å²) in [5, 5.41) is 8.66. The van der Waals surface area contributed by atoms with E-state index in [1.54, 1.807) is 24.3 Å². The fraction of sp³-hybridized carbons (Fsp3) is 0.487. The number of fused-ring (bicyclic) bond motifs is 2. The van der Waals surface area contributed by atoms with Gasteiger partial charge in [-0.25, -0.2) is 8.42 Å². The Labute approximate surface area is 294 Å². The lowest BCUT2D eigenvalue weighted by molar-refractivity contribution is -0.117. The van der Waals surface area contributed by atoms with E-state index in [1.165, 1.54) is 82.7 Å². The molecule has 0 radical (unpaired) electrons. The van der Waals surface area contributed by atoms with E-state index in [4.69, 9.17) is 14.2 Å². The lowest BCUT2D eigenvalue weighted by Gasteiger charge is -2.32. The van der Waals surface area contributed by atoms with Crippen LogP contribution in [-0.4, -0.2) is 57.4 Å². The number of unbranched alkanes of at least 4 members (excludes halogenated alkanes) is 9. The minimum absolute atomic E-state index is 0.0166. The number of rotatable bonds is 19. The van der Waals surface area contributed by atoms with E-state index in [9.17, 15) is 26.7 Å². The van der Waals surface area contributed by atoms with Crippen LogP contribution in [0, 0.1) is 0 Å². The van der Waals surface area contributed by atoms with Crippen LogP contribution < -0.4 is 13.8 Å². The van der Waals surface area contributed by atoms with Crippen molar-refractivity contribution in [3.63, 3.8) is 0 Å². The molecule has 3 aromatic carbocycles. The molecule has 3 atom stereocenters. The number of nitrogens with zero attached hydrogens (tertiary/aromatic N) is 1. The standard InChI is InChI=1S/C39H48F3NO6S/c1-3-4-5-6-7-8-9-10-11-12-25-48-33-21-15-29(16-22-33)37-36(28-13-19-31(44)20-14-28)34-26-35(38(37)49-34)50(45,46)43(27-39(40,41)42)30-17-23-32(47-2)24-18-30/h13-24,34-35,38,44H,3-12,25-27H2,1-2H3/t34-,35+,38+/m1/s1. The summed E-state index contributed by atoms with van der Waals surface area (Å²) < 4.78 is 87.8. The zero-order valence-electron chi connectivity index (χ0n) is 28.8. The topological polar surface area (TPSA) is 85.3 Å². The van der Waals surface area contributed by atoms with Crippen LogP contribution in [0.1, 0.15) is 88.7 Å². The number of halogens is 3. The molecule has 0 saturated carbocycles. The van der Waals surface area contributed by atoms with Crippen LogP contribution in [0.4, 0.5) is 18.9 Å². The fourth-order valence-corrected chi connectivity index (χ4v) is 8.91. The first-order valence-electron chi connectivity index (χ1n) is 17.7. The van der Waals surface area contributed by atoms with E-state index in [2.05, 4.69) is 6.92 Å². The predicted molar refractivity (Wildman–Crippen MR) is 191 cm³/mol. The molecule has 11 heteroatoms. The van der Waals surface area contributed by atoms with Crippen LogP contribution in [0.15, 0.2) is 72.8 Å². The number of anilines is 1. The van der Waals surface area contributed by atoms with Gasteiger partial charge in [0.15, 0.2) is 0 Å². The molecule has 2 bridgehead atoms. The number of alkyl halides is 3. The molecule has 3 aromatic rings. The Kier molecular flexibility index (Phi) is 12.8. The first-order chi connectivity index (χ1) is 24.0. The van der Waals surface area contributed by atoms with Crippen molar-refractivity contribution in [2.24, 2.45) is 0 Å². The number of benzene rings is 3. The fourth-order valence-electron chi connectivity index (χ4n) is 6.91. The Balaban J connectivity index is 1.32.